The number of rotatable bonds is 13. The van der Waals surface area contributed by atoms with E-state index in [4.69, 9.17) is 21.7 Å². The highest BCUT2D eigenvalue weighted by atomic mass is 16.4. The van der Waals surface area contributed by atoms with E-state index in [2.05, 4.69) is 10.6 Å². The van der Waals surface area contributed by atoms with E-state index in [-0.39, 0.29) is 13.0 Å². The van der Waals surface area contributed by atoms with E-state index in [1.54, 1.807) is 0 Å². The molecule has 4 amide bonds. The van der Waals surface area contributed by atoms with E-state index < -0.39 is 91.4 Å². The van der Waals surface area contributed by atoms with Crippen molar-refractivity contribution < 1.29 is 48.9 Å². The molecule has 0 bridgehead atoms. The normalized spacial score (nSPS) is 18.0. The summed E-state index contributed by atoms with van der Waals surface area (Å²) in [6, 6.07) is -5.67. The van der Waals surface area contributed by atoms with Crippen molar-refractivity contribution in [2.75, 3.05) is 6.54 Å². The van der Waals surface area contributed by atoms with Crippen LogP contribution >= 0.6 is 0 Å². The lowest BCUT2D eigenvalue weighted by Crippen LogP contribution is -2.57. The second-order valence-electron chi connectivity index (χ2n) is 7.46. The molecule has 4 unspecified atom stereocenters. The molecule has 0 aromatic carbocycles. The minimum absolute atomic E-state index is 0.118. The van der Waals surface area contributed by atoms with E-state index in [1.165, 1.54) is 0 Å². The van der Waals surface area contributed by atoms with Crippen molar-refractivity contribution in [1.82, 2.24) is 15.5 Å². The summed E-state index contributed by atoms with van der Waals surface area (Å²) < 4.78 is 0. The number of nitrogens with one attached hydrogen (secondary N) is 2. The van der Waals surface area contributed by atoms with Gasteiger partial charge in [-0.2, -0.15) is 0 Å². The van der Waals surface area contributed by atoms with Crippen LogP contribution in [0.15, 0.2) is 0 Å². The fraction of sp³-hybridized carbons (Fsp3) is 0.611. The molecule has 4 atom stereocenters. The van der Waals surface area contributed by atoms with Crippen molar-refractivity contribution in [2.24, 2.45) is 11.5 Å². The number of hydrogen-bond acceptors (Lipinski definition) is 8. The fourth-order valence-electron chi connectivity index (χ4n) is 3.27. The summed E-state index contributed by atoms with van der Waals surface area (Å²) in [5, 5.41) is 31.0. The van der Waals surface area contributed by atoms with Gasteiger partial charge < -0.3 is 42.3 Å². The minimum Gasteiger partial charge on any atom is -0.481 e. The predicted octanol–water partition coefficient (Wildman–Crippen LogP) is -3.43. The van der Waals surface area contributed by atoms with Gasteiger partial charge >= 0.3 is 17.9 Å². The van der Waals surface area contributed by atoms with Gasteiger partial charge in [-0.15, -0.1) is 0 Å². The Morgan fingerprint density at radius 2 is 1.58 bits per heavy atom. The second-order valence-corrected chi connectivity index (χ2v) is 7.46. The molecule has 1 saturated heterocycles. The zero-order valence-corrected chi connectivity index (χ0v) is 17.6. The molecule has 0 aliphatic carbocycles. The Morgan fingerprint density at radius 3 is 2.09 bits per heavy atom. The first kappa shape index (κ1) is 27.3. The van der Waals surface area contributed by atoms with Gasteiger partial charge in [0, 0.05) is 13.0 Å². The summed E-state index contributed by atoms with van der Waals surface area (Å²) in [4.78, 5) is 82.9. The molecule has 15 heteroatoms. The molecule has 0 aromatic rings. The van der Waals surface area contributed by atoms with E-state index in [0.717, 1.165) is 4.90 Å². The highest BCUT2D eigenvalue weighted by molar-refractivity contribution is 5.96. The van der Waals surface area contributed by atoms with E-state index >= 15 is 0 Å². The predicted molar refractivity (Wildman–Crippen MR) is 107 cm³/mol. The van der Waals surface area contributed by atoms with E-state index in [1.807, 2.05) is 0 Å². The third kappa shape index (κ3) is 8.72. The Bertz CT molecular complexity index is 816. The monoisotopic (exact) mass is 473 g/mol. The zero-order valence-electron chi connectivity index (χ0n) is 17.6. The van der Waals surface area contributed by atoms with Crippen LogP contribution in [-0.2, 0) is 33.6 Å². The Kier molecular flexibility index (Phi) is 10.2. The highest BCUT2D eigenvalue weighted by Gasteiger charge is 2.38. The lowest BCUT2D eigenvalue weighted by atomic mass is 10.1. The molecule has 1 fully saturated rings. The number of carboxylic acids is 3. The molecular formula is C18H27N5O10. The standard InChI is InChI=1S/C18H27N5O10/c19-8(6-14(27)28)17(31)23-5-1-2-11(23)16(30)22-10(7-12(20)24)15(29)21-9(18(32)33)3-4-13(25)26/h8-11H,1-7,19H2,(H2,20,24)(H,21,29)(H,22,30)(H,25,26)(H,27,28)(H,32,33). The fourth-order valence-corrected chi connectivity index (χ4v) is 3.27. The third-order valence-corrected chi connectivity index (χ3v) is 4.85. The van der Waals surface area contributed by atoms with Crippen LogP contribution in [0, 0.1) is 0 Å². The first-order valence-corrected chi connectivity index (χ1v) is 9.95. The van der Waals surface area contributed by atoms with Crippen LogP contribution in [0.4, 0.5) is 0 Å². The summed E-state index contributed by atoms with van der Waals surface area (Å²) in [6.45, 7) is 0.118. The number of amides is 4. The molecule has 0 spiro atoms. The van der Waals surface area contributed by atoms with Gasteiger partial charge in [0.15, 0.2) is 0 Å². The maximum atomic E-state index is 12.7. The van der Waals surface area contributed by atoms with Gasteiger partial charge in [-0.05, 0) is 19.3 Å². The number of primary amides is 1. The smallest absolute Gasteiger partial charge is 0.326 e. The molecule has 1 aliphatic rings. The van der Waals surface area contributed by atoms with Crippen molar-refractivity contribution in [2.45, 2.75) is 62.7 Å². The number of likely N-dealkylation sites (tertiary alicyclic amines) is 1. The summed E-state index contributed by atoms with van der Waals surface area (Å²) in [5.74, 6) is -7.80. The number of nitrogens with two attached hydrogens (primary N) is 2. The first-order chi connectivity index (χ1) is 15.3. The van der Waals surface area contributed by atoms with Crippen molar-refractivity contribution in [1.29, 1.82) is 0 Å². The van der Waals surface area contributed by atoms with Crippen LogP contribution < -0.4 is 22.1 Å². The van der Waals surface area contributed by atoms with Crippen molar-refractivity contribution in [3.63, 3.8) is 0 Å². The van der Waals surface area contributed by atoms with Gasteiger partial charge in [0.05, 0.1) is 18.9 Å². The summed E-state index contributed by atoms with van der Waals surface area (Å²) >= 11 is 0. The largest absolute Gasteiger partial charge is 0.481 e. The Morgan fingerprint density at radius 1 is 0.939 bits per heavy atom. The summed E-state index contributed by atoms with van der Waals surface area (Å²) in [6.07, 6.45) is -1.77. The van der Waals surface area contributed by atoms with Crippen LogP contribution in [0.2, 0.25) is 0 Å². The number of carbonyl (C=O) groups excluding carboxylic acids is 4. The van der Waals surface area contributed by atoms with Crippen molar-refractivity contribution in [3.8, 4) is 0 Å². The topological polar surface area (TPSA) is 260 Å². The van der Waals surface area contributed by atoms with Crippen LogP contribution in [-0.4, -0.2) is 92.5 Å². The summed E-state index contributed by atoms with van der Waals surface area (Å²) in [5.41, 5.74) is 10.7. The Balaban J connectivity index is 2.92. The molecule has 1 rings (SSSR count). The second kappa shape index (κ2) is 12.3. The average Bonchev–Trinajstić information content (AvgIpc) is 3.18. The zero-order chi connectivity index (χ0) is 25.3. The molecule has 1 heterocycles. The molecule has 15 nitrogen and oxygen atoms in total. The average molecular weight is 473 g/mol. The molecule has 0 aromatic heterocycles. The maximum absolute atomic E-state index is 12.7. The molecule has 184 valence electrons. The van der Waals surface area contributed by atoms with Crippen LogP contribution in [0.1, 0.15) is 38.5 Å². The maximum Gasteiger partial charge on any atom is 0.326 e. The lowest BCUT2D eigenvalue weighted by Gasteiger charge is -2.28. The molecule has 9 N–H and O–H groups in total. The number of hydrogen-bond donors (Lipinski definition) is 7. The van der Waals surface area contributed by atoms with E-state index in [9.17, 15) is 38.7 Å². The summed E-state index contributed by atoms with van der Waals surface area (Å²) in [7, 11) is 0. The Labute approximate surface area is 187 Å². The van der Waals surface area contributed by atoms with Gasteiger partial charge in [0.1, 0.15) is 18.1 Å². The van der Waals surface area contributed by atoms with Crippen LogP contribution in [0.5, 0.6) is 0 Å². The number of carboxylic acid groups (broad SMARTS) is 3. The quantitative estimate of drug-likeness (QED) is 0.138. The number of nitrogens with zero attached hydrogens (tertiary/aromatic N) is 1. The third-order valence-electron chi connectivity index (χ3n) is 4.85. The number of aliphatic carboxylic acids is 3. The van der Waals surface area contributed by atoms with Crippen LogP contribution in [0.25, 0.3) is 0 Å². The molecular weight excluding hydrogens is 446 g/mol. The molecule has 1 aliphatic heterocycles. The van der Waals surface area contributed by atoms with E-state index in [0.29, 0.717) is 6.42 Å². The van der Waals surface area contributed by atoms with Gasteiger partial charge in [0.2, 0.25) is 23.6 Å². The van der Waals surface area contributed by atoms with Gasteiger partial charge in [-0.3, -0.25) is 28.8 Å². The molecule has 33 heavy (non-hydrogen) atoms. The van der Waals surface area contributed by atoms with Gasteiger partial charge in [-0.25, -0.2) is 4.79 Å². The Hall–Kier alpha value is -3.75. The van der Waals surface area contributed by atoms with Gasteiger partial charge in [0.25, 0.3) is 0 Å². The van der Waals surface area contributed by atoms with Gasteiger partial charge in [-0.1, -0.05) is 0 Å². The number of carbonyl (C=O) groups is 7. The lowest BCUT2D eigenvalue weighted by molar-refractivity contribution is -0.144. The van der Waals surface area contributed by atoms with Crippen molar-refractivity contribution >= 4 is 41.5 Å². The first-order valence-electron chi connectivity index (χ1n) is 9.95. The SMILES string of the molecule is NC(=O)CC(NC(=O)C1CCCN1C(=O)C(N)CC(=O)O)C(=O)NC(CCC(=O)O)C(=O)O. The van der Waals surface area contributed by atoms with Crippen molar-refractivity contribution in [3.05, 3.63) is 0 Å². The molecule has 0 radical (unpaired) electrons. The highest BCUT2D eigenvalue weighted by Crippen LogP contribution is 2.19. The minimum atomic E-state index is -1.60. The van der Waals surface area contributed by atoms with Crippen LogP contribution in [0.3, 0.4) is 0 Å². The molecule has 0 saturated carbocycles.